The van der Waals surface area contributed by atoms with Gasteiger partial charge in [0, 0.05) is 5.92 Å². The Balaban J connectivity index is 1.66. The first-order chi connectivity index (χ1) is 8.68. The van der Waals surface area contributed by atoms with Crippen molar-refractivity contribution in [2.75, 3.05) is 0 Å². The Labute approximate surface area is 104 Å². The highest BCUT2D eigenvalue weighted by Gasteiger charge is 2.67. The molecule has 1 aromatic carbocycles. The largest absolute Gasteiger partial charge is 0.294 e. The molecule has 1 nitrogen and oxygen atoms in total. The standard InChI is InChI=1S/C15H14F2O/c16-9-2-1-3-10(17)13(9)15(18)14-11-7-4-5-8(6-7)12(11)14/h1-3,7-8,11-12,14H,4-6H2. The van der Waals surface area contributed by atoms with Gasteiger partial charge in [-0.3, -0.25) is 4.79 Å². The van der Waals surface area contributed by atoms with E-state index in [0.29, 0.717) is 23.7 Å². The number of rotatable bonds is 2. The molecule has 0 spiro atoms. The second kappa shape index (κ2) is 3.40. The molecule has 4 atom stereocenters. The summed E-state index contributed by atoms with van der Waals surface area (Å²) >= 11 is 0. The summed E-state index contributed by atoms with van der Waals surface area (Å²) in [5.74, 6) is 0.326. The third-order valence-corrected chi connectivity index (χ3v) is 5.25. The average molecular weight is 248 g/mol. The first-order valence-electron chi connectivity index (χ1n) is 6.66. The fraction of sp³-hybridized carbons (Fsp3) is 0.533. The minimum Gasteiger partial charge on any atom is -0.294 e. The molecule has 0 saturated heterocycles. The summed E-state index contributed by atoms with van der Waals surface area (Å²) in [7, 11) is 0. The molecule has 18 heavy (non-hydrogen) atoms. The van der Waals surface area contributed by atoms with Crippen molar-refractivity contribution in [3.05, 3.63) is 35.4 Å². The van der Waals surface area contributed by atoms with Crippen molar-refractivity contribution in [2.45, 2.75) is 19.3 Å². The van der Waals surface area contributed by atoms with Crippen molar-refractivity contribution < 1.29 is 13.6 Å². The van der Waals surface area contributed by atoms with Gasteiger partial charge >= 0.3 is 0 Å². The van der Waals surface area contributed by atoms with E-state index in [9.17, 15) is 13.6 Å². The maximum absolute atomic E-state index is 13.6. The zero-order valence-corrected chi connectivity index (χ0v) is 9.90. The van der Waals surface area contributed by atoms with E-state index in [2.05, 4.69) is 0 Å². The van der Waals surface area contributed by atoms with E-state index < -0.39 is 11.6 Å². The van der Waals surface area contributed by atoms with Crippen LogP contribution in [-0.4, -0.2) is 5.78 Å². The molecule has 3 saturated carbocycles. The van der Waals surface area contributed by atoms with Crippen LogP contribution in [0.4, 0.5) is 8.78 Å². The van der Waals surface area contributed by atoms with Gasteiger partial charge in [-0.25, -0.2) is 8.78 Å². The first kappa shape index (κ1) is 10.7. The average Bonchev–Trinajstić information content (AvgIpc) is 2.78. The van der Waals surface area contributed by atoms with Crippen LogP contribution in [0, 0.1) is 41.2 Å². The van der Waals surface area contributed by atoms with E-state index in [1.165, 1.54) is 37.5 Å². The van der Waals surface area contributed by atoms with Gasteiger partial charge in [-0.05, 0) is 55.1 Å². The van der Waals surface area contributed by atoms with Crippen LogP contribution in [0.2, 0.25) is 0 Å². The van der Waals surface area contributed by atoms with Crippen LogP contribution in [-0.2, 0) is 0 Å². The number of halogens is 2. The fourth-order valence-corrected chi connectivity index (χ4v) is 4.58. The van der Waals surface area contributed by atoms with E-state index >= 15 is 0 Å². The molecule has 1 aromatic rings. The lowest BCUT2D eigenvalue weighted by Crippen LogP contribution is -2.13. The van der Waals surface area contributed by atoms with Crippen LogP contribution in [0.1, 0.15) is 29.6 Å². The molecule has 94 valence electrons. The zero-order chi connectivity index (χ0) is 12.4. The van der Waals surface area contributed by atoms with Crippen LogP contribution in [0.3, 0.4) is 0 Å². The molecule has 4 unspecified atom stereocenters. The summed E-state index contributed by atoms with van der Waals surface area (Å²) in [6, 6.07) is 3.64. The number of fused-ring (bicyclic) bond motifs is 5. The summed E-state index contributed by atoms with van der Waals surface area (Å²) in [6.07, 6.45) is 3.64. The van der Waals surface area contributed by atoms with Crippen LogP contribution in [0.25, 0.3) is 0 Å². The van der Waals surface area contributed by atoms with E-state index in [0.717, 1.165) is 0 Å². The Morgan fingerprint density at radius 2 is 1.61 bits per heavy atom. The minimum atomic E-state index is -0.711. The van der Waals surface area contributed by atoms with Gasteiger partial charge in [0.15, 0.2) is 5.78 Å². The number of Topliss-reactive ketones (excluding diaryl/α,β-unsaturated/α-hetero) is 1. The Morgan fingerprint density at radius 3 is 2.17 bits per heavy atom. The molecule has 2 bridgehead atoms. The molecule has 3 aliphatic carbocycles. The normalized spacial score (nSPS) is 39.8. The topological polar surface area (TPSA) is 17.1 Å². The first-order valence-corrected chi connectivity index (χ1v) is 6.66. The molecular formula is C15H14F2O. The van der Waals surface area contributed by atoms with Crippen LogP contribution in [0.5, 0.6) is 0 Å². The molecule has 0 aromatic heterocycles. The second-order valence-corrected chi connectivity index (χ2v) is 5.97. The zero-order valence-electron chi connectivity index (χ0n) is 9.90. The van der Waals surface area contributed by atoms with Crippen LogP contribution in [0.15, 0.2) is 18.2 Å². The number of hydrogen-bond donors (Lipinski definition) is 0. The van der Waals surface area contributed by atoms with Gasteiger partial charge in [0.25, 0.3) is 0 Å². The summed E-state index contributed by atoms with van der Waals surface area (Å²) in [4.78, 5) is 12.3. The number of benzene rings is 1. The van der Waals surface area contributed by atoms with Crippen molar-refractivity contribution in [3.8, 4) is 0 Å². The lowest BCUT2D eigenvalue weighted by molar-refractivity contribution is 0.0936. The highest BCUT2D eigenvalue weighted by molar-refractivity contribution is 6.00. The number of hydrogen-bond acceptors (Lipinski definition) is 1. The molecule has 0 heterocycles. The van der Waals surface area contributed by atoms with Gasteiger partial charge in [-0.15, -0.1) is 0 Å². The van der Waals surface area contributed by atoms with E-state index in [1.54, 1.807) is 0 Å². The quantitative estimate of drug-likeness (QED) is 0.733. The van der Waals surface area contributed by atoms with Gasteiger partial charge in [-0.1, -0.05) is 6.07 Å². The Bertz CT molecular complexity index is 503. The Morgan fingerprint density at radius 1 is 1.06 bits per heavy atom. The van der Waals surface area contributed by atoms with E-state index in [1.807, 2.05) is 0 Å². The van der Waals surface area contributed by atoms with Gasteiger partial charge < -0.3 is 0 Å². The summed E-state index contributed by atoms with van der Waals surface area (Å²) in [5.41, 5.74) is -0.309. The third-order valence-electron chi connectivity index (χ3n) is 5.25. The molecule has 0 radical (unpaired) electrons. The number of ketones is 1. The van der Waals surface area contributed by atoms with Crippen molar-refractivity contribution >= 4 is 5.78 Å². The van der Waals surface area contributed by atoms with Crippen molar-refractivity contribution in [2.24, 2.45) is 29.6 Å². The SMILES string of the molecule is O=C(c1c(F)cccc1F)C1C2C3CCC(C3)C12. The molecule has 3 aliphatic rings. The maximum atomic E-state index is 13.6. The van der Waals surface area contributed by atoms with E-state index in [4.69, 9.17) is 0 Å². The Hall–Kier alpha value is -1.25. The molecule has 3 heteroatoms. The van der Waals surface area contributed by atoms with Crippen LogP contribution < -0.4 is 0 Å². The van der Waals surface area contributed by atoms with Crippen molar-refractivity contribution in [1.82, 2.24) is 0 Å². The second-order valence-electron chi connectivity index (χ2n) is 5.97. The van der Waals surface area contributed by atoms with Gasteiger partial charge in [0.05, 0.1) is 5.56 Å². The van der Waals surface area contributed by atoms with Gasteiger partial charge in [0.1, 0.15) is 11.6 Å². The maximum Gasteiger partial charge on any atom is 0.172 e. The fourth-order valence-electron chi connectivity index (χ4n) is 4.58. The monoisotopic (exact) mass is 248 g/mol. The molecular weight excluding hydrogens is 234 g/mol. The molecule has 0 amide bonds. The van der Waals surface area contributed by atoms with Gasteiger partial charge in [-0.2, -0.15) is 0 Å². The van der Waals surface area contributed by atoms with Crippen molar-refractivity contribution in [1.29, 1.82) is 0 Å². The summed E-state index contributed by atoms with van der Waals surface area (Å²) < 4.78 is 27.2. The highest BCUT2D eigenvalue weighted by atomic mass is 19.1. The lowest BCUT2D eigenvalue weighted by Gasteiger charge is -2.09. The summed E-state index contributed by atoms with van der Waals surface area (Å²) in [5, 5.41) is 0. The minimum absolute atomic E-state index is 0.0948. The van der Waals surface area contributed by atoms with Crippen LogP contribution >= 0.6 is 0 Å². The number of carbonyl (C=O) groups is 1. The van der Waals surface area contributed by atoms with E-state index in [-0.39, 0.29) is 17.3 Å². The molecule has 3 fully saturated rings. The highest BCUT2D eigenvalue weighted by Crippen LogP contribution is 2.70. The van der Waals surface area contributed by atoms with Crippen molar-refractivity contribution in [3.63, 3.8) is 0 Å². The predicted octanol–water partition coefficient (Wildman–Crippen LogP) is 3.44. The Kier molecular flexibility index (Phi) is 2.01. The lowest BCUT2D eigenvalue weighted by atomic mass is 9.96. The molecule has 4 rings (SSSR count). The third kappa shape index (κ3) is 1.22. The predicted molar refractivity (Wildman–Crippen MR) is 62.0 cm³/mol. The van der Waals surface area contributed by atoms with Gasteiger partial charge in [0.2, 0.25) is 0 Å². The number of carbonyl (C=O) groups excluding carboxylic acids is 1. The smallest absolute Gasteiger partial charge is 0.172 e. The molecule has 0 N–H and O–H groups in total. The summed E-state index contributed by atoms with van der Waals surface area (Å²) in [6.45, 7) is 0. The molecule has 0 aliphatic heterocycles.